The third kappa shape index (κ3) is 3.34. The van der Waals surface area contributed by atoms with Crippen LogP contribution in [0.4, 0.5) is 5.95 Å². The van der Waals surface area contributed by atoms with Gasteiger partial charge in [-0.3, -0.25) is 5.10 Å². The lowest BCUT2D eigenvalue weighted by Crippen LogP contribution is -2.37. The second-order valence-corrected chi connectivity index (χ2v) is 7.37. The van der Waals surface area contributed by atoms with Crippen molar-refractivity contribution in [1.82, 2.24) is 35.1 Å². The molecule has 11 heteroatoms. The smallest absolute Gasteiger partial charge is 0.327 e. The summed E-state index contributed by atoms with van der Waals surface area (Å²) in [6, 6.07) is 11.2. The number of H-pyrrole nitrogens is 3. The standard InChI is InChI=1S/C21H18N8O3/c30-20-23-16-5-4-12(10-17(16)24-20)32-21-26-18(13-2-1-3-15-14(13)11-22-28-15)25-19(27-21)29-6-8-31-9-7-29/h1-5,10-11H,6-9H2,(H,22,28)(H2,23,24,30). The first kappa shape index (κ1) is 18.5. The number of rotatable bonds is 4. The zero-order chi connectivity index (χ0) is 21.5. The number of nitrogens with zero attached hydrogens (tertiary/aromatic N) is 5. The third-order valence-electron chi connectivity index (χ3n) is 5.32. The zero-order valence-electron chi connectivity index (χ0n) is 16.8. The first-order valence-corrected chi connectivity index (χ1v) is 10.1. The number of anilines is 1. The predicted molar refractivity (Wildman–Crippen MR) is 117 cm³/mol. The lowest BCUT2D eigenvalue weighted by atomic mass is 10.1. The van der Waals surface area contributed by atoms with E-state index in [2.05, 4.69) is 30.1 Å². The van der Waals surface area contributed by atoms with Crippen molar-refractivity contribution in [2.45, 2.75) is 0 Å². The molecule has 3 aromatic heterocycles. The number of morpholine rings is 1. The van der Waals surface area contributed by atoms with E-state index in [1.165, 1.54) is 0 Å². The normalized spacial score (nSPS) is 14.3. The van der Waals surface area contributed by atoms with Gasteiger partial charge in [-0.15, -0.1) is 0 Å². The second-order valence-electron chi connectivity index (χ2n) is 7.37. The average molecular weight is 430 g/mol. The van der Waals surface area contributed by atoms with E-state index in [0.29, 0.717) is 54.9 Å². The molecule has 1 fully saturated rings. The molecular formula is C21H18N8O3. The summed E-state index contributed by atoms with van der Waals surface area (Å²) in [7, 11) is 0. The number of hydrogen-bond acceptors (Lipinski definition) is 8. The topological polar surface area (TPSA) is 138 Å². The van der Waals surface area contributed by atoms with Gasteiger partial charge in [0.05, 0.1) is 36.0 Å². The molecule has 6 rings (SSSR count). The van der Waals surface area contributed by atoms with Crippen LogP contribution in [0.1, 0.15) is 0 Å². The average Bonchev–Trinajstić information content (AvgIpc) is 3.44. The Labute approximate surface area is 180 Å². The molecule has 4 heterocycles. The monoisotopic (exact) mass is 430 g/mol. The Kier molecular flexibility index (Phi) is 4.32. The third-order valence-corrected chi connectivity index (χ3v) is 5.32. The molecule has 32 heavy (non-hydrogen) atoms. The minimum Gasteiger partial charge on any atom is -0.424 e. The Morgan fingerprint density at radius 3 is 2.75 bits per heavy atom. The van der Waals surface area contributed by atoms with E-state index in [-0.39, 0.29) is 11.7 Å². The van der Waals surface area contributed by atoms with Crippen LogP contribution >= 0.6 is 0 Å². The summed E-state index contributed by atoms with van der Waals surface area (Å²) in [5, 5.41) is 8.01. The SMILES string of the molecule is O=c1[nH]c2ccc(Oc3nc(-c4cccc5[nH]ncc45)nc(N4CCOCC4)n3)cc2[nH]1. The number of aromatic amines is 3. The Hall–Kier alpha value is -4.25. The number of benzene rings is 2. The van der Waals surface area contributed by atoms with Gasteiger partial charge in [-0.1, -0.05) is 12.1 Å². The van der Waals surface area contributed by atoms with Gasteiger partial charge < -0.3 is 24.3 Å². The van der Waals surface area contributed by atoms with E-state index >= 15 is 0 Å². The minimum atomic E-state index is -0.276. The van der Waals surface area contributed by atoms with Crippen LogP contribution in [0.3, 0.4) is 0 Å². The molecule has 2 aromatic carbocycles. The van der Waals surface area contributed by atoms with E-state index in [9.17, 15) is 4.79 Å². The molecule has 0 unspecified atom stereocenters. The molecule has 1 aliphatic rings. The van der Waals surface area contributed by atoms with Crippen LogP contribution in [0.2, 0.25) is 0 Å². The molecule has 0 aliphatic carbocycles. The quantitative estimate of drug-likeness (QED) is 0.395. The summed E-state index contributed by atoms with van der Waals surface area (Å²) in [5.74, 6) is 1.50. The van der Waals surface area contributed by atoms with Gasteiger partial charge in [0.25, 0.3) is 0 Å². The van der Waals surface area contributed by atoms with Gasteiger partial charge in [-0.05, 0) is 18.2 Å². The van der Waals surface area contributed by atoms with Crippen molar-refractivity contribution in [3.63, 3.8) is 0 Å². The van der Waals surface area contributed by atoms with E-state index in [4.69, 9.17) is 14.5 Å². The highest BCUT2D eigenvalue weighted by molar-refractivity contribution is 5.92. The number of fused-ring (bicyclic) bond motifs is 2. The number of nitrogens with one attached hydrogen (secondary N) is 3. The van der Waals surface area contributed by atoms with Crippen LogP contribution in [-0.4, -0.2) is 61.4 Å². The van der Waals surface area contributed by atoms with E-state index < -0.39 is 0 Å². The van der Waals surface area contributed by atoms with Crippen LogP contribution in [0.5, 0.6) is 11.8 Å². The van der Waals surface area contributed by atoms with Crippen molar-refractivity contribution in [2.24, 2.45) is 0 Å². The molecule has 5 aromatic rings. The van der Waals surface area contributed by atoms with E-state index in [0.717, 1.165) is 16.5 Å². The molecule has 0 saturated carbocycles. The Morgan fingerprint density at radius 2 is 1.84 bits per heavy atom. The fraction of sp³-hybridized carbons (Fsp3) is 0.190. The number of ether oxygens (including phenoxy) is 2. The Bertz CT molecular complexity index is 1480. The van der Waals surface area contributed by atoms with Gasteiger partial charge in [-0.25, -0.2) is 4.79 Å². The minimum absolute atomic E-state index is 0.161. The summed E-state index contributed by atoms with van der Waals surface area (Å²) < 4.78 is 11.5. The fourth-order valence-corrected chi connectivity index (χ4v) is 3.76. The van der Waals surface area contributed by atoms with Gasteiger partial charge in [0.15, 0.2) is 5.82 Å². The Morgan fingerprint density at radius 1 is 0.969 bits per heavy atom. The predicted octanol–water partition coefficient (Wildman–Crippen LogP) is 2.21. The van der Waals surface area contributed by atoms with Gasteiger partial charge >= 0.3 is 11.7 Å². The molecule has 0 spiro atoms. The Balaban J connectivity index is 1.45. The number of aromatic nitrogens is 7. The maximum atomic E-state index is 11.6. The van der Waals surface area contributed by atoms with Crippen molar-refractivity contribution < 1.29 is 9.47 Å². The highest BCUT2D eigenvalue weighted by atomic mass is 16.5. The number of imidazole rings is 1. The highest BCUT2D eigenvalue weighted by Crippen LogP contribution is 2.29. The van der Waals surface area contributed by atoms with Crippen LogP contribution in [0.15, 0.2) is 47.4 Å². The van der Waals surface area contributed by atoms with Crippen LogP contribution < -0.4 is 15.3 Å². The van der Waals surface area contributed by atoms with Crippen molar-refractivity contribution in [1.29, 1.82) is 0 Å². The second kappa shape index (κ2) is 7.46. The molecule has 0 atom stereocenters. The van der Waals surface area contributed by atoms with E-state index in [1.807, 2.05) is 23.1 Å². The molecule has 3 N–H and O–H groups in total. The molecule has 0 bridgehead atoms. The number of hydrogen-bond donors (Lipinski definition) is 3. The summed E-state index contributed by atoms with van der Waals surface area (Å²) in [4.78, 5) is 32.9. The highest BCUT2D eigenvalue weighted by Gasteiger charge is 2.19. The van der Waals surface area contributed by atoms with Gasteiger partial charge in [-0.2, -0.15) is 20.1 Å². The summed E-state index contributed by atoms with van der Waals surface area (Å²) >= 11 is 0. The molecule has 0 radical (unpaired) electrons. The fourth-order valence-electron chi connectivity index (χ4n) is 3.76. The zero-order valence-corrected chi connectivity index (χ0v) is 16.8. The van der Waals surface area contributed by atoms with Gasteiger partial charge in [0.2, 0.25) is 5.95 Å². The van der Waals surface area contributed by atoms with Crippen molar-refractivity contribution in [2.75, 3.05) is 31.2 Å². The molecular weight excluding hydrogens is 412 g/mol. The van der Waals surface area contributed by atoms with Gasteiger partial charge in [0.1, 0.15) is 5.75 Å². The molecule has 1 saturated heterocycles. The molecule has 0 amide bonds. The lowest BCUT2D eigenvalue weighted by Gasteiger charge is -2.27. The summed E-state index contributed by atoms with van der Waals surface area (Å²) in [6.07, 6.45) is 1.75. The molecule has 160 valence electrons. The van der Waals surface area contributed by atoms with Gasteiger partial charge in [0, 0.05) is 30.1 Å². The van der Waals surface area contributed by atoms with Crippen molar-refractivity contribution in [3.8, 4) is 23.1 Å². The summed E-state index contributed by atoms with van der Waals surface area (Å²) in [5.41, 5.74) is 2.77. The van der Waals surface area contributed by atoms with Crippen molar-refractivity contribution in [3.05, 3.63) is 53.1 Å². The van der Waals surface area contributed by atoms with Crippen LogP contribution in [0.25, 0.3) is 33.3 Å². The lowest BCUT2D eigenvalue weighted by molar-refractivity contribution is 0.122. The molecule has 11 nitrogen and oxygen atoms in total. The first-order chi connectivity index (χ1) is 15.7. The van der Waals surface area contributed by atoms with Crippen LogP contribution in [0, 0.1) is 0 Å². The largest absolute Gasteiger partial charge is 0.424 e. The maximum absolute atomic E-state index is 11.6. The maximum Gasteiger partial charge on any atom is 0.327 e. The van der Waals surface area contributed by atoms with Crippen molar-refractivity contribution >= 4 is 27.9 Å². The first-order valence-electron chi connectivity index (χ1n) is 10.1. The van der Waals surface area contributed by atoms with E-state index in [1.54, 1.807) is 24.4 Å². The van der Waals surface area contributed by atoms with Crippen LogP contribution in [-0.2, 0) is 4.74 Å². The summed E-state index contributed by atoms with van der Waals surface area (Å²) in [6.45, 7) is 2.56. The molecule has 1 aliphatic heterocycles.